The van der Waals surface area contributed by atoms with E-state index in [-0.39, 0.29) is 46.9 Å². The molecule has 0 spiro atoms. The average Bonchev–Trinajstić information content (AvgIpc) is 3.92. The number of hydrogen-bond acceptors (Lipinski definition) is 18. The number of aliphatic hydroxyl groups excluding tert-OH is 6. The van der Waals surface area contributed by atoms with Crippen LogP contribution in [0.2, 0.25) is 0 Å². The summed E-state index contributed by atoms with van der Waals surface area (Å²) in [6, 6.07) is -2.49. The number of urea groups is 2. The third-order valence-electron chi connectivity index (χ3n) is 8.76. The number of carbonyl (C=O) groups excluding carboxylic acids is 3. The summed E-state index contributed by atoms with van der Waals surface area (Å²) >= 11 is 0. The fourth-order valence-corrected chi connectivity index (χ4v) is 6.00. The molecule has 2 aliphatic rings. The van der Waals surface area contributed by atoms with Crippen molar-refractivity contribution in [1.29, 1.82) is 0 Å². The SMILES string of the molecule is COC(=O)C(CCCCNC(=O)Nc1ncnc2c1ncn2C1OC(CO)C(O)C1O)NC(=O)Nc1ncnc2c1ncn2C1OC(CO)C(O)C1O. The van der Waals surface area contributed by atoms with Crippen molar-refractivity contribution in [2.45, 2.75) is 74.4 Å². The Morgan fingerprint density at radius 1 is 0.755 bits per heavy atom. The molecular weight excluding hydrogens is 708 g/mol. The van der Waals surface area contributed by atoms with Crippen LogP contribution in [0.1, 0.15) is 31.7 Å². The largest absolute Gasteiger partial charge is 0.467 e. The number of aliphatic hydroxyl groups is 6. The third-order valence-corrected chi connectivity index (χ3v) is 8.76. The lowest BCUT2D eigenvalue weighted by molar-refractivity contribution is -0.143. The minimum absolute atomic E-state index is 0.0249. The Morgan fingerprint density at radius 3 is 1.74 bits per heavy atom. The van der Waals surface area contributed by atoms with Crippen molar-refractivity contribution in [3.8, 4) is 0 Å². The summed E-state index contributed by atoms with van der Waals surface area (Å²) in [4.78, 5) is 62.9. The van der Waals surface area contributed by atoms with E-state index in [1.165, 1.54) is 35.2 Å². The maximum absolute atomic E-state index is 12.9. The zero-order valence-electron chi connectivity index (χ0n) is 28.0. The number of esters is 1. The zero-order valence-corrected chi connectivity index (χ0v) is 28.0. The van der Waals surface area contributed by atoms with Crippen molar-refractivity contribution in [3.63, 3.8) is 0 Å². The summed E-state index contributed by atoms with van der Waals surface area (Å²) in [6.45, 7) is -0.857. The minimum Gasteiger partial charge on any atom is -0.467 e. The Morgan fingerprint density at radius 2 is 1.26 bits per heavy atom. The third kappa shape index (κ3) is 7.65. The Balaban J connectivity index is 0.992. The Hall–Kier alpha value is -5.21. The molecule has 4 aromatic heterocycles. The van der Waals surface area contributed by atoms with Gasteiger partial charge >= 0.3 is 18.0 Å². The molecule has 2 saturated heterocycles. The molecular formula is C29H38N12O12. The monoisotopic (exact) mass is 746 g/mol. The number of ether oxygens (including phenoxy) is 3. The number of imidazole rings is 2. The molecule has 0 saturated carbocycles. The fraction of sp³-hybridized carbons (Fsp3) is 0.552. The zero-order chi connectivity index (χ0) is 37.8. The van der Waals surface area contributed by atoms with Gasteiger partial charge in [0.05, 0.1) is 33.0 Å². The van der Waals surface area contributed by atoms with E-state index < -0.39 is 86.4 Å². The van der Waals surface area contributed by atoms with E-state index in [0.717, 1.165) is 6.33 Å². The highest BCUT2D eigenvalue weighted by atomic mass is 16.6. The fourth-order valence-electron chi connectivity index (χ4n) is 6.00. The Bertz CT molecular complexity index is 1930. The van der Waals surface area contributed by atoms with Gasteiger partial charge in [0, 0.05) is 6.54 Å². The van der Waals surface area contributed by atoms with Crippen molar-refractivity contribution in [2.75, 3.05) is 37.5 Å². The van der Waals surface area contributed by atoms with Gasteiger partial charge in [-0.2, -0.15) is 0 Å². The van der Waals surface area contributed by atoms with Crippen LogP contribution in [-0.4, -0.2) is 157 Å². The number of nitrogens with one attached hydrogen (secondary N) is 4. The number of unbranched alkanes of at least 4 members (excludes halogenated alkanes) is 1. The molecule has 0 bridgehead atoms. The van der Waals surface area contributed by atoms with Gasteiger partial charge in [0.15, 0.2) is 46.4 Å². The highest BCUT2D eigenvalue weighted by Crippen LogP contribution is 2.33. The number of anilines is 2. The standard InChI is InChI=1S/C29H38N12O12/c1-51-27(48)12(37-29(50)39-22-16-24(34-9-32-22)41(11-36-16)26-20(47)18(45)14(7-43)53-26)4-2-3-5-30-28(49)38-21-15-23(33-8-31-21)40(10-35-15)25-19(46)17(44)13(6-42)52-25/h8-14,17-20,25-26,42-47H,2-7H2,1H3,(H2,30,31,33,38,49)(H2,32,34,37,39,50). The number of aromatic nitrogens is 8. The first-order valence-electron chi connectivity index (χ1n) is 16.4. The lowest BCUT2D eigenvalue weighted by atomic mass is 10.1. The van der Waals surface area contributed by atoms with Gasteiger partial charge in [0.2, 0.25) is 0 Å². The van der Waals surface area contributed by atoms with E-state index in [2.05, 4.69) is 51.2 Å². The summed E-state index contributed by atoms with van der Waals surface area (Å²) in [5, 5.41) is 70.1. The second kappa shape index (κ2) is 16.2. The lowest BCUT2D eigenvalue weighted by Gasteiger charge is -2.17. The second-order valence-corrected chi connectivity index (χ2v) is 12.1. The van der Waals surface area contributed by atoms with Gasteiger partial charge in [0.1, 0.15) is 55.3 Å². The molecule has 6 heterocycles. The second-order valence-electron chi connectivity index (χ2n) is 12.1. The normalized spacial score (nSPS) is 26.1. The maximum atomic E-state index is 12.9. The van der Waals surface area contributed by atoms with E-state index in [1.807, 2.05) is 0 Å². The van der Waals surface area contributed by atoms with Crippen LogP contribution in [0.4, 0.5) is 21.2 Å². The van der Waals surface area contributed by atoms with Gasteiger partial charge in [-0.25, -0.2) is 44.3 Å². The number of rotatable bonds is 13. The van der Waals surface area contributed by atoms with Crippen molar-refractivity contribution in [1.82, 2.24) is 49.7 Å². The van der Waals surface area contributed by atoms with Crippen LogP contribution >= 0.6 is 0 Å². The van der Waals surface area contributed by atoms with Crippen LogP contribution in [0.15, 0.2) is 25.3 Å². The first-order valence-corrected chi connectivity index (χ1v) is 16.4. The van der Waals surface area contributed by atoms with Gasteiger partial charge in [-0.1, -0.05) is 0 Å². The number of amides is 4. The predicted molar refractivity (Wildman–Crippen MR) is 175 cm³/mol. The molecule has 10 N–H and O–H groups in total. The number of carbonyl (C=O) groups is 3. The van der Waals surface area contributed by atoms with Crippen molar-refractivity contribution >= 4 is 52.0 Å². The minimum atomic E-state index is -1.39. The molecule has 2 aliphatic heterocycles. The Labute approximate surface area is 298 Å². The molecule has 53 heavy (non-hydrogen) atoms. The molecule has 24 heteroatoms. The van der Waals surface area contributed by atoms with Crippen molar-refractivity contribution in [2.24, 2.45) is 0 Å². The summed E-state index contributed by atoms with van der Waals surface area (Å²) in [5.74, 6) is -0.676. The van der Waals surface area contributed by atoms with Crippen LogP contribution < -0.4 is 21.3 Å². The van der Waals surface area contributed by atoms with Crippen LogP contribution in [-0.2, 0) is 19.0 Å². The molecule has 2 fully saturated rings. The van der Waals surface area contributed by atoms with Crippen molar-refractivity contribution < 1.29 is 59.2 Å². The highest BCUT2D eigenvalue weighted by molar-refractivity contribution is 5.97. The summed E-state index contributed by atoms with van der Waals surface area (Å²) in [7, 11) is 1.17. The molecule has 0 aliphatic carbocycles. The molecule has 286 valence electrons. The van der Waals surface area contributed by atoms with Crippen LogP contribution in [0.25, 0.3) is 22.3 Å². The average molecular weight is 747 g/mol. The van der Waals surface area contributed by atoms with Gasteiger partial charge < -0.3 is 55.5 Å². The molecule has 4 aromatic rings. The van der Waals surface area contributed by atoms with Gasteiger partial charge in [-0.3, -0.25) is 19.8 Å². The quantitative estimate of drug-likeness (QED) is 0.0477. The number of fused-ring (bicyclic) bond motifs is 2. The first kappa shape index (κ1) is 37.5. The summed E-state index contributed by atoms with van der Waals surface area (Å²) in [5.41, 5.74) is 0.652. The number of nitrogens with zero attached hydrogens (tertiary/aromatic N) is 8. The van der Waals surface area contributed by atoms with Crippen LogP contribution in [0, 0.1) is 0 Å². The van der Waals surface area contributed by atoms with E-state index in [9.17, 15) is 45.0 Å². The van der Waals surface area contributed by atoms with E-state index in [4.69, 9.17) is 14.2 Å². The smallest absolute Gasteiger partial charge is 0.328 e. The summed E-state index contributed by atoms with van der Waals surface area (Å²) < 4.78 is 18.6. The van der Waals surface area contributed by atoms with E-state index in [0.29, 0.717) is 12.8 Å². The molecule has 9 unspecified atom stereocenters. The van der Waals surface area contributed by atoms with Crippen molar-refractivity contribution in [3.05, 3.63) is 25.3 Å². The van der Waals surface area contributed by atoms with Crippen LogP contribution in [0.5, 0.6) is 0 Å². The van der Waals surface area contributed by atoms with E-state index >= 15 is 0 Å². The van der Waals surface area contributed by atoms with E-state index in [1.54, 1.807) is 0 Å². The molecule has 4 amide bonds. The first-order chi connectivity index (χ1) is 25.6. The number of hydrogen-bond donors (Lipinski definition) is 10. The maximum Gasteiger partial charge on any atom is 0.328 e. The molecule has 0 aromatic carbocycles. The molecule has 9 atom stereocenters. The van der Waals surface area contributed by atoms with Crippen LogP contribution in [0.3, 0.4) is 0 Å². The molecule has 6 rings (SSSR count). The van der Waals surface area contributed by atoms with Gasteiger partial charge in [-0.15, -0.1) is 0 Å². The highest BCUT2D eigenvalue weighted by Gasteiger charge is 2.45. The Kier molecular flexibility index (Phi) is 11.5. The molecule has 24 nitrogen and oxygen atoms in total. The topological polar surface area (TPSA) is 336 Å². The van der Waals surface area contributed by atoms with Gasteiger partial charge in [-0.05, 0) is 19.3 Å². The predicted octanol–water partition coefficient (Wildman–Crippen LogP) is -3.16. The summed E-state index contributed by atoms with van der Waals surface area (Å²) in [6.07, 6.45) is -3.87. The lowest BCUT2D eigenvalue weighted by Crippen LogP contribution is -2.43. The van der Waals surface area contributed by atoms with Gasteiger partial charge in [0.25, 0.3) is 0 Å². The number of methoxy groups -OCH3 is 1. The molecule has 0 radical (unpaired) electrons.